The lowest BCUT2D eigenvalue weighted by Gasteiger charge is -2.10. The van der Waals surface area contributed by atoms with E-state index >= 15 is 0 Å². The van der Waals surface area contributed by atoms with E-state index in [1.165, 1.54) is 0 Å². The maximum Gasteiger partial charge on any atom is 0.158 e. The second kappa shape index (κ2) is 6.89. The van der Waals surface area contributed by atoms with E-state index in [0.717, 1.165) is 10.9 Å². The summed E-state index contributed by atoms with van der Waals surface area (Å²) in [5, 5.41) is 1.67. The number of hydrogen-bond donors (Lipinski definition) is 0. The van der Waals surface area contributed by atoms with Crippen molar-refractivity contribution in [2.45, 2.75) is 11.5 Å². The lowest BCUT2D eigenvalue weighted by molar-refractivity contribution is 0.594. The molecule has 0 spiro atoms. The number of pyridine rings is 1. The standard InChI is InChI=1S/C17H12Cl3NO2S/c18-14-5-3-6-15(19)13(14)10-24(22,23)9-12-8-11-4-1-2-7-16(11)21-17(12)20/h1-8H,9-10H2. The summed E-state index contributed by atoms with van der Waals surface area (Å²) in [5.41, 5.74) is 1.57. The fourth-order valence-electron chi connectivity index (χ4n) is 2.42. The van der Waals surface area contributed by atoms with Crippen molar-refractivity contribution in [2.24, 2.45) is 0 Å². The summed E-state index contributed by atoms with van der Waals surface area (Å²) in [6, 6.07) is 14.0. The van der Waals surface area contributed by atoms with Gasteiger partial charge in [-0.25, -0.2) is 13.4 Å². The van der Waals surface area contributed by atoms with Crippen molar-refractivity contribution in [2.75, 3.05) is 0 Å². The van der Waals surface area contributed by atoms with Gasteiger partial charge in [0.25, 0.3) is 0 Å². The van der Waals surface area contributed by atoms with Crippen molar-refractivity contribution in [1.82, 2.24) is 4.98 Å². The third-order valence-corrected chi connectivity index (χ3v) is 6.07. The first-order chi connectivity index (χ1) is 11.4. The first kappa shape index (κ1) is 17.5. The molecule has 0 atom stereocenters. The molecule has 2 aromatic carbocycles. The summed E-state index contributed by atoms with van der Waals surface area (Å²) in [6.07, 6.45) is 0. The number of sulfone groups is 1. The van der Waals surface area contributed by atoms with Gasteiger partial charge in [0, 0.05) is 26.6 Å². The monoisotopic (exact) mass is 399 g/mol. The van der Waals surface area contributed by atoms with Crippen molar-refractivity contribution in [1.29, 1.82) is 0 Å². The number of nitrogens with zero attached hydrogens (tertiary/aromatic N) is 1. The maximum absolute atomic E-state index is 12.6. The van der Waals surface area contributed by atoms with Gasteiger partial charge >= 0.3 is 0 Å². The van der Waals surface area contributed by atoms with E-state index in [9.17, 15) is 8.42 Å². The van der Waals surface area contributed by atoms with Gasteiger partial charge in [0.15, 0.2) is 9.84 Å². The molecule has 0 aliphatic rings. The Labute approximate surface area is 155 Å². The highest BCUT2D eigenvalue weighted by molar-refractivity contribution is 7.89. The molecule has 1 aromatic heterocycles. The number of halogens is 3. The second-order valence-corrected chi connectivity index (χ2v) is 8.60. The van der Waals surface area contributed by atoms with Crippen molar-refractivity contribution in [3.8, 4) is 0 Å². The highest BCUT2D eigenvalue weighted by Crippen LogP contribution is 2.28. The van der Waals surface area contributed by atoms with Gasteiger partial charge in [0.1, 0.15) is 5.15 Å². The van der Waals surface area contributed by atoms with Crippen molar-refractivity contribution < 1.29 is 8.42 Å². The van der Waals surface area contributed by atoms with E-state index in [1.807, 2.05) is 24.3 Å². The molecule has 1 heterocycles. The average Bonchev–Trinajstić information content (AvgIpc) is 2.52. The van der Waals surface area contributed by atoms with E-state index in [2.05, 4.69) is 4.98 Å². The molecule has 3 rings (SSSR count). The molecule has 0 aliphatic heterocycles. The molecule has 7 heteroatoms. The van der Waals surface area contributed by atoms with Crippen LogP contribution in [0.25, 0.3) is 10.9 Å². The fraction of sp³-hybridized carbons (Fsp3) is 0.118. The molecule has 0 unspecified atom stereocenters. The van der Waals surface area contributed by atoms with Gasteiger partial charge < -0.3 is 0 Å². The van der Waals surface area contributed by atoms with Crippen molar-refractivity contribution in [3.05, 3.63) is 74.9 Å². The zero-order chi connectivity index (χ0) is 17.3. The quantitative estimate of drug-likeness (QED) is 0.558. The number of aromatic nitrogens is 1. The molecular formula is C17H12Cl3NO2S. The zero-order valence-corrected chi connectivity index (χ0v) is 15.4. The fourth-order valence-corrected chi connectivity index (χ4v) is 4.94. The lowest BCUT2D eigenvalue weighted by atomic mass is 10.2. The highest BCUT2D eigenvalue weighted by atomic mass is 35.5. The molecule has 3 nitrogen and oxygen atoms in total. The van der Waals surface area contributed by atoms with Gasteiger partial charge in [-0.2, -0.15) is 0 Å². The van der Waals surface area contributed by atoms with Crippen LogP contribution in [-0.2, 0) is 21.3 Å². The van der Waals surface area contributed by atoms with Crippen molar-refractivity contribution >= 4 is 55.5 Å². The SMILES string of the molecule is O=S(=O)(Cc1cc2ccccc2nc1Cl)Cc1c(Cl)cccc1Cl. The summed E-state index contributed by atoms with van der Waals surface area (Å²) >= 11 is 18.3. The van der Waals surface area contributed by atoms with Crippen LogP contribution in [0, 0.1) is 0 Å². The molecule has 124 valence electrons. The molecule has 0 bridgehead atoms. The molecule has 0 amide bonds. The van der Waals surface area contributed by atoms with E-state index in [-0.39, 0.29) is 16.7 Å². The first-order valence-corrected chi connectivity index (χ1v) is 9.99. The first-order valence-electron chi connectivity index (χ1n) is 7.03. The Morgan fingerprint density at radius 1 is 0.875 bits per heavy atom. The Morgan fingerprint density at radius 3 is 2.25 bits per heavy atom. The molecule has 0 N–H and O–H groups in total. The number of fused-ring (bicyclic) bond motifs is 1. The summed E-state index contributed by atoms with van der Waals surface area (Å²) < 4.78 is 25.1. The van der Waals surface area contributed by atoms with E-state index in [0.29, 0.717) is 21.2 Å². The maximum atomic E-state index is 12.6. The number of hydrogen-bond acceptors (Lipinski definition) is 3. The van der Waals surface area contributed by atoms with Crippen LogP contribution < -0.4 is 0 Å². The third kappa shape index (κ3) is 3.83. The Bertz CT molecular complexity index is 999. The molecule has 0 aliphatic carbocycles. The molecule has 0 saturated carbocycles. The second-order valence-electron chi connectivity index (χ2n) is 5.36. The zero-order valence-electron chi connectivity index (χ0n) is 12.3. The van der Waals surface area contributed by atoms with Gasteiger partial charge in [-0.05, 0) is 24.3 Å². The number of para-hydroxylation sites is 1. The summed E-state index contributed by atoms with van der Waals surface area (Å²) in [4.78, 5) is 4.25. The molecular weight excluding hydrogens is 389 g/mol. The van der Waals surface area contributed by atoms with Gasteiger partial charge in [-0.1, -0.05) is 59.1 Å². The molecule has 24 heavy (non-hydrogen) atoms. The predicted molar refractivity (Wildman–Crippen MR) is 99.5 cm³/mol. The van der Waals surface area contributed by atoms with Crippen LogP contribution in [0.15, 0.2) is 48.5 Å². The Hall–Kier alpha value is -1.33. The van der Waals surface area contributed by atoms with Crippen LogP contribution in [-0.4, -0.2) is 13.4 Å². The molecule has 0 radical (unpaired) electrons. The van der Waals surface area contributed by atoms with Crippen molar-refractivity contribution in [3.63, 3.8) is 0 Å². The van der Waals surface area contributed by atoms with E-state index < -0.39 is 9.84 Å². The number of rotatable bonds is 4. The third-order valence-electron chi connectivity index (χ3n) is 3.55. The minimum atomic E-state index is -3.52. The summed E-state index contributed by atoms with van der Waals surface area (Å²) in [7, 11) is -3.52. The molecule has 0 saturated heterocycles. The Balaban J connectivity index is 1.93. The van der Waals surface area contributed by atoms with Gasteiger partial charge in [0.05, 0.1) is 17.0 Å². The van der Waals surface area contributed by atoms with E-state index in [4.69, 9.17) is 34.8 Å². The largest absolute Gasteiger partial charge is 0.236 e. The Kier molecular flexibility index (Phi) is 5.02. The van der Waals surface area contributed by atoms with Gasteiger partial charge in [-0.15, -0.1) is 0 Å². The average molecular weight is 401 g/mol. The van der Waals surface area contributed by atoms with Crippen LogP contribution >= 0.6 is 34.8 Å². The molecule has 0 fully saturated rings. The van der Waals surface area contributed by atoms with Gasteiger partial charge in [-0.3, -0.25) is 0 Å². The normalized spacial score (nSPS) is 11.8. The summed E-state index contributed by atoms with van der Waals surface area (Å²) in [6.45, 7) is 0. The van der Waals surface area contributed by atoms with Crippen LogP contribution in [0.2, 0.25) is 15.2 Å². The van der Waals surface area contributed by atoms with Crippen LogP contribution in [0.4, 0.5) is 0 Å². The van der Waals surface area contributed by atoms with Crippen LogP contribution in [0.1, 0.15) is 11.1 Å². The topological polar surface area (TPSA) is 47.0 Å². The molecule has 3 aromatic rings. The highest BCUT2D eigenvalue weighted by Gasteiger charge is 2.19. The van der Waals surface area contributed by atoms with Crippen LogP contribution in [0.5, 0.6) is 0 Å². The smallest absolute Gasteiger partial charge is 0.158 e. The minimum Gasteiger partial charge on any atom is -0.236 e. The predicted octanol–water partition coefficient (Wildman–Crippen LogP) is 5.31. The summed E-state index contributed by atoms with van der Waals surface area (Å²) in [5.74, 6) is -0.486. The van der Waals surface area contributed by atoms with Gasteiger partial charge in [0.2, 0.25) is 0 Å². The number of benzene rings is 2. The van der Waals surface area contributed by atoms with Crippen LogP contribution in [0.3, 0.4) is 0 Å². The lowest BCUT2D eigenvalue weighted by Crippen LogP contribution is -2.09. The van der Waals surface area contributed by atoms with E-state index in [1.54, 1.807) is 24.3 Å². The minimum absolute atomic E-state index is 0.183. The Morgan fingerprint density at radius 2 is 1.54 bits per heavy atom.